The van der Waals surface area contributed by atoms with E-state index in [9.17, 15) is 14.4 Å². The predicted molar refractivity (Wildman–Crippen MR) is 122 cm³/mol. The molecule has 2 fully saturated rings. The minimum atomic E-state index is -0.555. The van der Waals surface area contributed by atoms with Crippen molar-refractivity contribution in [1.29, 1.82) is 0 Å². The molecule has 2 aliphatic rings. The van der Waals surface area contributed by atoms with Crippen molar-refractivity contribution in [3.8, 4) is 6.01 Å². The van der Waals surface area contributed by atoms with Crippen LogP contribution in [0.4, 0.5) is 4.79 Å². The van der Waals surface area contributed by atoms with Crippen molar-refractivity contribution in [2.75, 3.05) is 6.61 Å². The van der Waals surface area contributed by atoms with E-state index in [-0.39, 0.29) is 35.3 Å². The third kappa shape index (κ3) is 5.09. The first-order valence-corrected chi connectivity index (χ1v) is 11.6. The monoisotopic (exact) mass is 458 g/mol. The first kappa shape index (κ1) is 23.0. The number of nitrogens with zero attached hydrogens (tertiary/aromatic N) is 3. The molecule has 0 aromatic carbocycles. The number of piperidine rings is 1. The van der Waals surface area contributed by atoms with Crippen LogP contribution in [0, 0.1) is 5.92 Å². The second-order valence-corrected chi connectivity index (χ2v) is 9.08. The Morgan fingerprint density at radius 1 is 1.30 bits per heavy atom. The molecule has 2 aliphatic heterocycles. The SMILES string of the molecule is CCOC(=O)N1[C@@H]2CC[C@H]1CC(=NOc1nc3oc(=O)cc(CCCC(C)C)c3c(=O)[nH]1)C2. The van der Waals surface area contributed by atoms with E-state index in [4.69, 9.17) is 14.0 Å². The average molecular weight is 459 g/mol. The number of ether oxygens (including phenoxy) is 1. The first-order valence-electron chi connectivity index (χ1n) is 11.6. The molecule has 4 heterocycles. The lowest BCUT2D eigenvalue weighted by atomic mass is 10.0. The van der Waals surface area contributed by atoms with Crippen LogP contribution in [-0.2, 0) is 11.2 Å². The van der Waals surface area contributed by atoms with Gasteiger partial charge < -0.3 is 18.9 Å². The van der Waals surface area contributed by atoms with Crippen molar-refractivity contribution in [1.82, 2.24) is 14.9 Å². The molecule has 2 bridgehead atoms. The van der Waals surface area contributed by atoms with Gasteiger partial charge in [-0.1, -0.05) is 25.4 Å². The second kappa shape index (κ2) is 9.76. The number of aromatic nitrogens is 2. The molecule has 10 heteroatoms. The molecule has 2 aromatic rings. The van der Waals surface area contributed by atoms with E-state index in [1.807, 2.05) is 0 Å². The topological polar surface area (TPSA) is 127 Å². The van der Waals surface area contributed by atoms with Gasteiger partial charge in [0.1, 0.15) is 5.39 Å². The van der Waals surface area contributed by atoms with Crippen molar-refractivity contribution in [2.45, 2.75) is 77.8 Å². The molecule has 0 saturated carbocycles. The number of H-pyrrole nitrogens is 1. The van der Waals surface area contributed by atoms with Crippen LogP contribution in [-0.4, -0.2) is 45.4 Å². The number of fused-ring (bicyclic) bond motifs is 3. The Labute approximate surface area is 191 Å². The fraction of sp³-hybridized carbons (Fsp3) is 0.609. The number of oxime groups is 1. The Bertz CT molecular complexity index is 1150. The molecule has 10 nitrogen and oxygen atoms in total. The van der Waals surface area contributed by atoms with Gasteiger partial charge in [0.05, 0.1) is 12.3 Å². The lowest BCUT2D eigenvalue weighted by Crippen LogP contribution is -2.47. The van der Waals surface area contributed by atoms with E-state index in [2.05, 4.69) is 29.0 Å². The molecule has 0 aliphatic carbocycles. The highest BCUT2D eigenvalue weighted by molar-refractivity contribution is 5.88. The Kier molecular flexibility index (Phi) is 6.80. The number of carbonyl (C=O) groups is 1. The molecule has 178 valence electrons. The zero-order valence-corrected chi connectivity index (χ0v) is 19.3. The van der Waals surface area contributed by atoms with Gasteiger partial charge in [-0.15, -0.1) is 0 Å². The number of carbonyl (C=O) groups excluding carboxylic acids is 1. The summed E-state index contributed by atoms with van der Waals surface area (Å²) in [6, 6.07) is 1.27. The van der Waals surface area contributed by atoms with Crippen molar-refractivity contribution in [3.05, 3.63) is 32.4 Å². The molecule has 1 amide bonds. The highest BCUT2D eigenvalue weighted by atomic mass is 16.6. The third-order valence-corrected chi connectivity index (χ3v) is 6.20. The Hall–Kier alpha value is -3.17. The standard InChI is InChI=1S/C23H30N4O6/c1-4-31-23(30)27-16-8-9-17(27)12-15(11-16)26-33-22-24-20(29)19-14(7-5-6-13(2)3)10-18(28)32-21(19)25-22/h10,13,16-17H,4-9,11-12H2,1-3H3,(H,24,25,29)/t16-,17+. The number of amides is 1. The smallest absolute Gasteiger partial charge is 0.410 e. The maximum atomic E-state index is 12.7. The molecular formula is C23H30N4O6. The largest absolute Gasteiger partial charge is 0.450 e. The fourth-order valence-electron chi connectivity index (χ4n) is 4.74. The lowest BCUT2D eigenvalue weighted by molar-refractivity contribution is 0.0856. The molecule has 2 saturated heterocycles. The molecule has 33 heavy (non-hydrogen) atoms. The van der Waals surface area contributed by atoms with Crippen LogP contribution < -0.4 is 16.0 Å². The fourth-order valence-corrected chi connectivity index (χ4v) is 4.74. The number of aryl methyl sites for hydroxylation is 1. The summed E-state index contributed by atoms with van der Waals surface area (Å²) in [6.07, 6.45) is 5.06. The van der Waals surface area contributed by atoms with Gasteiger partial charge in [-0.2, -0.15) is 4.98 Å². The summed E-state index contributed by atoms with van der Waals surface area (Å²) in [4.78, 5) is 50.9. The Balaban J connectivity index is 1.51. The van der Waals surface area contributed by atoms with Crippen molar-refractivity contribution in [3.63, 3.8) is 0 Å². The third-order valence-electron chi connectivity index (χ3n) is 6.20. The van der Waals surface area contributed by atoms with Crippen molar-refractivity contribution >= 4 is 22.9 Å². The first-order chi connectivity index (χ1) is 15.9. The summed E-state index contributed by atoms with van der Waals surface area (Å²) in [5.74, 6) is 0.534. The summed E-state index contributed by atoms with van der Waals surface area (Å²) in [5, 5.41) is 4.44. The second-order valence-electron chi connectivity index (χ2n) is 9.08. The van der Waals surface area contributed by atoms with E-state index in [1.165, 1.54) is 6.07 Å². The summed E-state index contributed by atoms with van der Waals surface area (Å²) in [5.41, 5.74) is 0.361. The van der Waals surface area contributed by atoms with Crippen LogP contribution in [0.1, 0.15) is 64.9 Å². The molecule has 2 atom stereocenters. The van der Waals surface area contributed by atoms with Gasteiger partial charge in [0.15, 0.2) is 0 Å². The molecular weight excluding hydrogens is 428 g/mol. The number of rotatable bonds is 7. The van der Waals surface area contributed by atoms with E-state index in [1.54, 1.807) is 11.8 Å². The normalized spacial score (nSPS) is 21.2. The Morgan fingerprint density at radius 3 is 2.70 bits per heavy atom. The molecule has 1 N–H and O–H groups in total. The van der Waals surface area contributed by atoms with Gasteiger partial charge >= 0.3 is 17.7 Å². The van der Waals surface area contributed by atoms with Crippen LogP contribution in [0.15, 0.2) is 25.2 Å². The van der Waals surface area contributed by atoms with Gasteiger partial charge in [0, 0.05) is 31.0 Å². The summed E-state index contributed by atoms with van der Waals surface area (Å²) in [7, 11) is 0. The van der Waals surface area contributed by atoms with E-state index in [0.717, 1.165) is 31.4 Å². The van der Waals surface area contributed by atoms with E-state index >= 15 is 0 Å². The number of nitrogens with one attached hydrogen (secondary N) is 1. The van der Waals surface area contributed by atoms with Crippen molar-refractivity contribution in [2.24, 2.45) is 11.1 Å². The Morgan fingerprint density at radius 2 is 2.03 bits per heavy atom. The van der Waals surface area contributed by atoms with Crippen LogP contribution >= 0.6 is 0 Å². The minimum Gasteiger partial charge on any atom is -0.450 e. The maximum absolute atomic E-state index is 12.7. The summed E-state index contributed by atoms with van der Waals surface area (Å²) >= 11 is 0. The van der Waals surface area contributed by atoms with Gasteiger partial charge in [-0.05, 0) is 44.1 Å². The quantitative estimate of drug-likeness (QED) is 0.630. The molecule has 0 radical (unpaired) electrons. The van der Waals surface area contributed by atoms with Gasteiger partial charge in [0.25, 0.3) is 5.56 Å². The maximum Gasteiger partial charge on any atom is 0.410 e. The minimum absolute atomic E-state index is 0.0279. The zero-order valence-electron chi connectivity index (χ0n) is 19.3. The summed E-state index contributed by atoms with van der Waals surface area (Å²) < 4.78 is 10.3. The molecule has 0 unspecified atom stereocenters. The molecule has 4 rings (SSSR count). The van der Waals surface area contributed by atoms with Gasteiger partial charge in [-0.3, -0.25) is 9.78 Å². The van der Waals surface area contributed by atoms with Crippen LogP contribution in [0.2, 0.25) is 0 Å². The number of hydrogen-bond acceptors (Lipinski definition) is 8. The van der Waals surface area contributed by atoms with E-state index in [0.29, 0.717) is 37.4 Å². The highest BCUT2D eigenvalue weighted by Crippen LogP contribution is 2.35. The predicted octanol–water partition coefficient (Wildman–Crippen LogP) is 3.37. The molecule has 2 aromatic heterocycles. The number of hydrogen-bond donors (Lipinski definition) is 1. The van der Waals surface area contributed by atoms with Gasteiger partial charge in [0.2, 0.25) is 5.71 Å². The summed E-state index contributed by atoms with van der Waals surface area (Å²) in [6.45, 7) is 6.39. The van der Waals surface area contributed by atoms with Crippen molar-refractivity contribution < 1.29 is 18.8 Å². The molecule has 0 spiro atoms. The zero-order chi connectivity index (χ0) is 23.5. The lowest BCUT2D eigenvalue weighted by Gasteiger charge is -2.34. The number of aromatic amines is 1. The van der Waals surface area contributed by atoms with E-state index < -0.39 is 11.2 Å². The highest BCUT2D eigenvalue weighted by Gasteiger charge is 2.43. The van der Waals surface area contributed by atoms with Crippen LogP contribution in [0.5, 0.6) is 6.01 Å². The van der Waals surface area contributed by atoms with Crippen LogP contribution in [0.25, 0.3) is 11.1 Å². The average Bonchev–Trinajstić information content (AvgIpc) is 3.02. The van der Waals surface area contributed by atoms with Crippen LogP contribution in [0.3, 0.4) is 0 Å². The van der Waals surface area contributed by atoms with Gasteiger partial charge in [-0.25, -0.2) is 9.59 Å².